The number of rotatable bonds is 2. The SMILES string of the molecule is O=C(c1cccc(Br)c1)c1ccc(F)c2ccccc12. The monoisotopic (exact) mass is 328 g/mol. The van der Waals surface area contributed by atoms with Gasteiger partial charge in [0.15, 0.2) is 5.78 Å². The van der Waals surface area contributed by atoms with E-state index in [2.05, 4.69) is 15.9 Å². The molecule has 0 spiro atoms. The lowest BCUT2D eigenvalue weighted by Crippen LogP contribution is -2.02. The van der Waals surface area contributed by atoms with E-state index in [1.165, 1.54) is 6.07 Å². The Labute approximate surface area is 124 Å². The molecule has 0 aromatic heterocycles. The fourth-order valence-electron chi connectivity index (χ4n) is 2.25. The van der Waals surface area contributed by atoms with Crippen LogP contribution in [-0.4, -0.2) is 5.78 Å². The Kier molecular flexibility index (Phi) is 3.36. The maximum absolute atomic E-state index is 13.8. The maximum atomic E-state index is 13.8. The summed E-state index contributed by atoms with van der Waals surface area (Å²) >= 11 is 3.35. The van der Waals surface area contributed by atoms with Crippen LogP contribution in [-0.2, 0) is 0 Å². The van der Waals surface area contributed by atoms with E-state index in [9.17, 15) is 9.18 Å². The van der Waals surface area contributed by atoms with Crippen molar-refractivity contribution in [2.75, 3.05) is 0 Å². The average molecular weight is 329 g/mol. The summed E-state index contributed by atoms with van der Waals surface area (Å²) in [6.45, 7) is 0. The molecule has 0 aliphatic carbocycles. The minimum absolute atomic E-state index is 0.109. The number of carbonyl (C=O) groups is 1. The predicted molar refractivity (Wildman–Crippen MR) is 81.5 cm³/mol. The second-order valence-corrected chi connectivity index (χ2v) is 5.40. The Morgan fingerprint density at radius 1 is 0.900 bits per heavy atom. The molecule has 0 heterocycles. The number of ketones is 1. The summed E-state index contributed by atoms with van der Waals surface area (Å²) in [4.78, 5) is 12.6. The molecule has 0 aliphatic heterocycles. The first-order valence-corrected chi connectivity index (χ1v) is 6.93. The van der Waals surface area contributed by atoms with E-state index in [0.29, 0.717) is 21.9 Å². The molecular formula is C17H10BrFO. The van der Waals surface area contributed by atoms with Gasteiger partial charge >= 0.3 is 0 Å². The van der Waals surface area contributed by atoms with Crippen molar-refractivity contribution in [3.05, 3.63) is 82.1 Å². The van der Waals surface area contributed by atoms with Crippen LogP contribution in [0.25, 0.3) is 10.8 Å². The second kappa shape index (κ2) is 5.17. The average Bonchev–Trinajstić information content (AvgIpc) is 2.47. The fourth-order valence-corrected chi connectivity index (χ4v) is 2.64. The van der Waals surface area contributed by atoms with Crippen molar-refractivity contribution in [1.29, 1.82) is 0 Å². The quantitative estimate of drug-likeness (QED) is 0.607. The topological polar surface area (TPSA) is 17.1 Å². The number of fused-ring (bicyclic) bond motifs is 1. The number of hydrogen-bond acceptors (Lipinski definition) is 1. The van der Waals surface area contributed by atoms with E-state index in [1.807, 2.05) is 12.1 Å². The van der Waals surface area contributed by atoms with Gasteiger partial charge in [-0.05, 0) is 29.7 Å². The Bertz CT molecular complexity index is 811. The van der Waals surface area contributed by atoms with Crippen LogP contribution >= 0.6 is 15.9 Å². The van der Waals surface area contributed by atoms with Gasteiger partial charge in [-0.2, -0.15) is 0 Å². The highest BCUT2D eigenvalue weighted by molar-refractivity contribution is 9.10. The molecule has 0 N–H and O–H groups in total. The zero-order valence-electron chi connectivity index (χ0n) is 10.4. The number of benzene rings is 3. The third-order valence-electron chi connectivity index (χ3n) is 3.20. The first-order chi connectivity index (χ1) is 9.66. The summed E-state index contributed by atoms with van der Waals surface area (Å²) < 4.78 is 14.6. The summed E-state index contributed by atoms with van der Waals surface area (Å²) in [5.74, 6) is -0.422. The lowest BCUT2D eigenvalue weighted by molar-refractivity contribution is 0.104. The van der Waals surface area contributed by atoms with Crippen LogP contribution in [0.3, 0.4) is 0 Å². The van der Waals surface area contributed by atoms with Crippen LogP contribution in [0, 0.1) is 5.82 Å². The molecule has 0 aliphatic rings. The molecule has 3 heteroatoms. The molecule has 3 aromatic rings. The zero-order chi connectivity index (χ0) is 14.1. The van der Waals surface area contributed by atoms with Crippen LogP contribution in [0.4, 0.5) is 4.39 Å². The van der Waals surface area contributed by atoms with Crippen molar-refractivity contribution in [3.63, 3.8) is 0 Å². The summed E-state index contributed by atoms with van der Waals surface area (Å²) in [5, 5.41) is 1.10. The molecule has 3 rings (SSSR count). The van der Waals surface area contributed by atoms with Crippen molar-refractivity contribution >= 4 is 32.5 Å². The summed E-state index contributed by atoms with van der Waals surface area (Å²) in [7, 11) is 0. The van der Waals surface area contributed by atoms with Gasteiger partial charge in [0.2, 0.25) is 0 Å². The van der Waals surface area contributed by atoms with Gasteiger partial charge in [-0.15, -0.1) is 0 Å². The highest BCUT2D eigenvalue weighted by Gasteiger charge is 2.14. The standard InChI is InChI=1S/C17H10BrFO/c18-12-5-3-4-11(10-12)17(20)15-8-9-16(19)14-7-2-1-6-13(14)15/h1-10H. The Hall–Kier alpha value is -2.00. The lowest BCUT2D eigenvalue weighted by Gasteiger charge is -2.07. The third-order valence-corrected chi connectivity index (χ3v) is 3.70. The van der Waals surface area contributed by atoms with Gasteiger partial charge in [0, 0.05) is 21.0 Å². The van der Waals surface area contributed by atoms with Crippen LogP contribution in [0.15, 0.2) is 65.1 Å². The number of halogens is 2. The normalized spacial score (nSPS) is 10.7. The molecule has 0 fully saturated rings. The predicted octanol–water partition coefficient (Wildman–Crippen LogP) is 4.97. The molecule has 1 nitrogen and oxygen atoms in total. The van der Waals surface area contributed by atoms with E-state index < -0.39 is 0 Å². The van der Waals surface area contributed by atoms with Gasteiger partial charge in [-0.3, -0.25) is 4.79 Å². The first-order valence-electron chi connectivity index (χ1n) is 6.14. The van der Waals surface area contributed by atoms with Gasteiger partial charge in [-0.1, -0.05) is 52.3 Å². The highest BCUT2D eigenvalue weighted by atomic mass is 79.9. The van der Waals surface area contributed by atoms with E-state index in [4.69, 9.17) is 0 Å². The first kappa shape index (κ1) is 13.0. The van der Waals surface area contributed by atoms with E-state index in [0.717, 1.165) is 4.47 Å². The molecule has 20 heavy (non-hydrogen) atoms. The molecule has 0 saturated heterocycles. The largest absolute Gasteiger partial charge is 0.289 e. The van der Waals surface area contributed by atoms with Crippen LogP contribution < -0.4 is 0 Å². The van der Waals surface area contributed by atoms with Crippen LogP contribution in [0.1, 0.15) is 15.9 Å². The van der Waals surface area contributed by atoms with Crippen molar-refractivity contribution in [2.45, 2.75) is 0 Å². The molecule has 0 saturated carbocycles. The molecule has 0 bridgehead atoms. The molecule has 0 radical (unpaired) electrons. The molecule has 0 unspecified atom stereocenters. The summed E-state index contributed by atoms with van der Waals surface area (Å²) in [6.07, 6.45) is 0. The van der Waals surface area contributed by atoms with Gasteiger partial charge in [0.25, 0.3) is 0 Å². The van der Waals surface area contributed by atoms with Gasteiger partial charge < -0.3 is 0 Å². The minimum Gasteiger partial charge on any atom is -0.289 e. The van der Waals surface area contributed by atoms with Crippen molar-refractivity contribution < 1.29 is 9.18 Å². The lowest BCUT2D eigenvalue weighted by atomic mass is 9.97. The van der Waals surface area contributed by atoms with Gasteiger partial charge in [0.1, 0.15) is 5.82 Å². The molecule has 0 amide bonds. The van der Waals surface area contributed by atoms with Crippen molar-refractivity contribution in [3.8, 4) is 0 Å². The zero-order valence-corrected chi connectivity index (χ0v) is 12.0. The van der Waals surface area contributed by atoms with E-state index in [1.54, 1.807) is 42.5 Å². The Balaban J connectivity index is 2.20. The van der Waals surface area contributed by atoms with E-state index in [-0.39, 0.29) is 11.6 Å². The second-order valence-electron chi connectivity index (χ2n) is 4.48. The van der Waals surface area contributed by atoms with Crippen LogP contribution in [0.2, 0.25) is 0 Å². The molecule has 3 aromatic carbocycles. The molecule has 0 atom stereocenters. The van der Waals surface area contributed by atoms with Gasteiger partial charge in [0.05, 0.1) is 0 Å². The number of hydrogen-bond donors (Lipinski definition) is 0. The maximum Gasteiger partial charge on any atom is 0.193 e. The highest BCUT2D eigenvalue weighted by Crippen LogP contribution is 2.24. The fraction of sp³-hybridized carbons (Fsp3) is 0. The Morgan fingerprint density at radius 3 is 2.40 bits per heavy atom. The van der Waals surface area contributed by atoms with Crippen LogP contribution in [0.5, 0.6) is 0 Å². The summed E-state index contributed by atoms with van der Waals surface area (Å²) in [5.41, 5.74) is 1.09. The smallest absolute Gasteiger partial charge is 0.193 e. The van der Waals surface area contributed by atoms with Crippen molar-refractivity contribution in [1.82, 2.24) is 0 Å². The Morgan fingerprint density at radius 2 is 1.65 bits per heavy atom. The van der Waals surface area contributed by atoms with Crippen molar-refractivity contribution in [2.24, 2.45) is 0 Å². The minimum atomic E-state index is -0.314. The van der Waals surface area contributed by atoms with E-state index >= 15 is 0 Å². The van der Waals surface area contributed by atoms with Gasteiger partial charge in [-0.25, -0.2) is 4.39 Å². The summed E-state index contributed by atoms with van der Waals surface area (Å²) in [6, 6.07) is 17.1. The molecule has 98 valence electrons. The number of carbonyl (C=O) groups excluding carboxylic acids is 1. The molecular weight excluding hydrogens is 319 g/mol. The third kappa shape index (κ3) is 2.25.